The lowest BCUT2D eigenvalue weighted by Crippen LogP contribution is -2.55. The van der Waals surface area contributed by atoms with Crippen LogP contribution in [0, 0.1) is 11.3 Å². The zero-order chi connectivity index (χ0) is 24.5. The van der Waals surface area contributed by atoms with E-state index in [1.807, 2.05) is 0 Å². The first-order chi connectivity index (χ1) is 16.5. The molecular formula is C24H33ClN6O4. The molecule has 1 aromatic carbocycles. The molecule has 1 aliphatic rings. The monoisotopic (exact) mass is 504 g/mol. The van der Waals surface area contributed by atoms with Crippen molar-refractivity contribution in [2.45, 2.75) is 31.5 Å². The fourth-order valence-corrected chi connectivity index (χ4v) is 4.23. The van der Waals surface area contributed by atoms with Crippen LogP contribution in [0.4, 0.5) is 5.69 Å². The van der Waals surface area contributed by atoms with Gasteiger partial charge in [-0.05, 0) is 44.1 Å². The number of hydrogen-bond donors (Lipinski definition) is 3. The first-order valence-corrected chi connectivity index (χ1v) is 11.6. The SMILES string of the molecule is COc1cc(N)c(Cl)cc1C(=O)N[C@H]1CCN(CCCNCc2ncccc2C#N)C[C@H]1OC.O. The number of carbonyl (C=O) groups is 1. The smallest absolute Gasteiger partial charge is 0.255 e. The minimum Gasteiger partial charge on any atom is -0.496 e. The van der Waals surface area contributed by atoms with E-state index >= 15 is 0 Å². The molecule has 0 bridgehead atoms. The van der Waals surface area contributed by atoms with Crippen LogP contribution in [0.3, 0.4) is 0 Å². The van der Waals surface area contributed by atoms with E-state index in [9.17, 15) is 4.79 Å². The zero-order valence-electron chi connectivity index (χ0n) is 20.0. The van der Waals surface area contributed by atoms with Gasteiger partial charge in [-0.25, -0.2) is 0 Å². The highest BCUT2D eigenvalue weighted by molar-refractivity contribution is 6.33. The highest BCUT2D eigenvalue weighted by Crippen LogP contribution is 2.29. The largest absolute Gasteiger partial charge is 0.496 e. The lowest BCUT2D eigenvalue weighted by Gasteiger charge is -2.38. The molecule has 1 saturated heterocycles. The number of nitrogens with two attached hydrogens (primary N) is 1. The minimum atomic E-state index is -0.269. The molecule has 0 saturated carbocycles. The molecule has 3 rings (SSSR count). The first kappa shape index (κ1) is 28.3. The molecule has 0 radical (unpaired) electrons. The van der Waals surface area contributed by atoms with Crippen LogP contribution in [0.5, 0.6) is 5.75 Å². The molecule has 35 heavy (non-hydrogen) atoms. The molecular weight excluding hydrogens is 472 g/mol. The Morgan fingerprint density at radius 2 is 2.20 bits per heavy atom. The third-order valence-electron chi connectivity index (χ3n) is 5.96. The van der Waals surface area contributed by atoms with E-state index in [1.54, 1.807) is 31.5 Å². The Labute approximate surface area is 210 Å². The lowest BCUT2D eigenvalue weighted by molar-refractivity contribution is 0.00616. The number of halogens is 1. The summed E-state index contributed by atoms with van der Waals surface area (Å²) in [5, 5.41) is 15.9. The Hall–Kier alpha value is -2.94. The van der Waals surface area contributed by atoms with E-state index < -0.39 is 0 Å². The van der Waals surface area contributed by atoms with Gasteiger partial charge in [-0.3, -0.25) is 9.78 Å². The van der Waals surface area contributed by atoms with E-state index in [0.717, 1.165) is 44.7 Å². The maximum atomic E-state index is 12.9. The van der Waals surface area contributed by atoms with E-state index in [2.05, 4.69) is 26.6 Å². The summed E-state index contributed by atoms with van der Waals surface area (Å²) in [5.74, 6) is 0.112. The van der Waals surface area contributed by atoms with Crippen LogP contribution < -0.4 is 21.1 Å². The van der Waals surface area contributed by atoms with Gasteiger partial charge in [0.15, 0.2) is 0 Å². The first-order valence-electron chi connectivity index (χ1n) is 11.2. The van der Waals surface area contributed by atoms with Crippen LogP contribution in [0.2, 0.25) is 5.02 Å². The maximum absolute atomic E-state index is 12.9. The number of pyridine rings is 1. The van der Waals surface area contributed by atoms with Gasteiger partial charge in [0.1, 0.15) is 11.8 Å². The van der Waals surface area contributed by atoms with Crippen molar-refractivity contribution in [2.24, 2.45) is 0 Å². The number of anilines is 1. The molecule has 0 spiro atoms. The molecule has 1 fully saturated rings. The van der Waals surface area contributed by atoms with E-state index in [-0.39, 0.29) is 23.5 Å². The second-order valence-corrected chi connectivity index (χ2v) is 8.56. The van der Waals surface area contributed by atoms with Gasteiger partial charge in [-0.1, -0.05) is 11.6 Å². The van der Waals surface area contributed by atoms with Crippen molar-refractivity contribution in [3.05, 3.63) is 52.3 Å². The normalized spacial score (nSPS) is 17.8. The number of nitrogen functional groups attached to an aromatic ring is 1. The predicted molar refractivity (Wildman–Crippen MR) is 134 cm³/mol. The number of ether oxygens (including phenoxy) is 2. The van der Waals surface area contributed by atoms with Crippen LogP contribution in [0.1, 0.15) is 34.5 Å². The van der Waals surface area contributed by atoms with Gasteiger partial charge in [0, 0.05) is 39.0 Å². The van der Waals surface area contributed by atoms with Crippen molar-refractivity contribution in [1.29, 1.82) is 5.26 Å². The summed E-state index contributed by atoms with van der Waals surface area (Å²) in [7, 11) is 3.15. The number of piperidine rings is 1. The average molecular weight is 505 g/mol. The van der Waals surface area contributed by atoms with E-state index in [1.165, 1.54) is 13.2 Å². The van der Waals surface area contributed by atoms with Crippen molar-refractivity contribution in [3.63, 3.8) is 0 Å². The maximum Gasteiger partial charge on any atom is 0.255 e. The fraction of sp³-hybridized carbons (Fsp3) is 0.458. The standard InChI is InChI=1S/C24H31ClN6O3.H2O/c1-33-22-12-19(27)18(25)11-17(22)24(32)30-20-6-10-31(15-23(20)34-2)9-4-7-28-14-21-16(13-26)5-3-8-29-21;/h3,5,8,11-12,20,23,28H,4,6-7,9-10,14-15,27H2,1-2H3,(H,30,32);1H2/t20-,23+;/m0./s1. The molecule has 6 N–H and O–H groups in total. The molecule has 0 unspecified atom stereocenters. The van der Waals surface area contributed by atoms with Gasteiger partial charge in [0.2, 0.25) is 0 Å². The molecule has 0 aliphatic carbocycles. The minimum absolute atomic E-state index is 0. The molecule has 10 nitrogen and oxygen atoms in total. The Morgan fingerprint density at radius 3 is 2.91 bits per heavy atom. The number of carbonyl (C=O) groups excluding carboxylic acids is 1. The molecule has 1 aromatic heterocycles. The summed E-state index contributed by atoms with van der Waals surface area (Å²) in [6.45, 7) is 3.86. The number of nitrogens with zero attached hydrogens (tertiary/aromatic N) is 3. The third-order valence-corrected chi connectivity index (χ3v) is 6.28. The van der Waals surface area contributed by atoms with Crippen LogP contribution in [-0.4, -0.2) is 73.8 Å². The third kappa shape index (κ3) is 7.52. The molecule has 2 aromatic rings. The average Bonchev–Trinajstić information content (AvgIpc) is 2.86. The number of nitriles is 1. The number of hydrogen-bond acceptors (Lipinski definition) is 8. The highest BCUT2D eigenvalue weighted by atomic mass is 35.5. The Bertz CT molecular complexity index is 1030. The Balaban J connectivity index is 0.00000432. The lowest BCUT2D eigenvalue weighted by atomic mass is 10.0. The summed E-state index contributed by atoms with van der Waals surface area (Å²) in [6.07, 6.45) is 3.28. The number of rotatable bonds is 10. The second-order valence-electron chi connectivity index (χ2n) is 8.16. The molecule has 1 amide bonds. The van der Waals surface area contributed by atoms with Crippen LogP contribution in [0.15, 0.2) is 30.5 Å². The van der Waals surface area contributed by atoms with Gasteiger partial charge < -0.3 is 36.2 Å². The van der Waals surface area contributed by atoms with Gasteiger partial charge in [-0.2, -0.15) is 5.26 Å². The molecule has 190 valence electrons. The summed E-state index contributed by atoms with van der Waals surface area (Å²) in [5.41, 5.74) is 7.89. The van der Waals surface area contributed by atoms with Crippen LogP contribution >= 0.6 is 11.6 Å². The molecule has 2 atom stereocenters. The Morgan fingerprint density at radius 1 is 1.40 bits per heavy atom. The summed E-state index contributed by atoms with van der Waals surface area (Å²) in [4.78, 5) is 19.5. The van der Waals surface area contributed by atoms with Crippen LogP contribution in [-0.2, 0) is 11.3 Å². The molecule has 11 heteroatoms. The van der Waals surface area contributed by atoms with E-state index in [0.29, 0.717) is 34.1 Å². The number of nitrogens with one attached hydrogen (secondary N) is 2. The summed E-state index contributed by atoms with van der Waals surface area (Å²) < 4.78 is 11.0. The number of likely N-dealkylation sites (tertiary alicyclic amines) is 1. The fourth-order valence-electron chi connectivity index (χ4n) is 4.06. The number of amides is 1. The summed E-state index contributed by atoms with van der Waals surface area (Å²) in [6, 6.07) is 8.66. The van der Waals surface area contributed by atoms with Crippen molar-refractivity contribution < 1.29 is 19.7 Å². The van der Waals surface area contributed by atoms with Crippen molar-refractivity contribution in [2.75, 3.05) is 46.1 Å². The highest BCUT2D eigenvalue weighted by Gasteiger charge is 2.31. The van der Waals surface area contributed by atoms with Gasteiger partial charge in [0.25, 0.3) is 5.91 Å². The van der Waals surface area contributed by atoms with Gasteiger partial charge >= 0.3 is 0 Å². The van der Waals surface area contributed by atoms with Crippen molar-refractivity contribution >= 4 is 23.2 Å². The number of benzene rings is 1. The topological polar surface area (TPSA) is 157 Å². The van der Waals surface area contributed by atoms with Crippen molar-refractivity contribution in [3.8, 4) is 11.8 Å². The quantitative estimate of drug-likeness (QED) is 0.323. The van der Waals surface area contributed by atoms with Crippen LogP contribution in [0.25, 0.3) is 0 Å². The number of methoxy groups -OCH3 is 2. The predicted octanol–water partition coefficient (Wildman–Crippen LogP) is 1.37. The van der Waals surface area contributed by atoms with Gasteiger partial charge in [0.05, 0.1) is 46.8 Å². The molecule has 1 aliphatic heterocycles. The zero-order valence-corrected chi connectivity index (χ0v) is 20.8. The molecule has 2 heterocycles. The second kappa shape index (κ2) is 13.8. The van der Waals surface area contributed by atoms with Gasteiger partial charge in [-0.15, -0.1) is 0 Å². The van der Waals surface area contributed by atoms with Crippen molar-refractivity contribution in [1.82, 2.24) is 20.5 Å². The number of aromatic nitrogens is 1. The summed E-state index contributed by atoms with van der Waals surface area (Å²) >= 11 is 6.11. The Kier molecular flexibility index (Phi) is 11.2. The van der Waals surface area contributed by atoms with E-state index in [4.69, 9.17) is 32.1 Å².